The zero-order valence-corrected chi connectivity index (χ0v) is 18.5. The average Bonchev–Trinajstić information content (AvgIpc) is 3.18. The minimum Gasteiger partial charge on any atom is -0.464 e. The largest absolute Gasteiger partial charge is 0.464 e. The first kappa shape index (κ1) is 22.3. The lowest BCUT2D eigenvalue weighted by atomic mass is 10.1. The summed E-state index contributed by atoms with van der Waals surface area (Å²) >= 11 is 0. The van der Waals surface area contributed by atoms with Crippen LogP contribution in [0.5, 0.6) is 0 Å². The number of hydrogen-bond acceptors (Lipinski definition) is 3. The summed E-state index contributed by atoms with van der Waals surface area (Å²) in [5.41, 5.74) is 2.58. The lowest BCUT2D eigenvalue weighted by Crippen LogP contribution is -2.43. The number of benzene rings is 2. The predicted octanol–water partition coefficient (Wildman–Crippen LogP) is 4.98. The average molecular weight is 419 g/mol. The Bertz CT molecular complexity index is 1010. The topological polar surface area (TPSA) is 53.8 Å². The van der Waals surface area contributed by atoms with Crippen LogP contribution in [0.2, 0.25) is 0 Å². The minimum atomic E-state index is -0.109. The van der Waals surface area contributed by atoms with Gasteiger partial charge in [-0.25, -0.2) is 0 Å². The van der Waals surface area contributed by atoms with Crippen LogP contribution in [0.3, 0.4) is 0 Å². The lowest BCUT2D eigenvalue weighted by molar-refractivity contribution is -0.133. The van der Waals surface area contributed by atoms with E-state index in [4.69, 9.17) is 4.42 Å². The predicted molar refractivity (Wildman–Crippen MR) is 122 cm³/mol. The molecule has 0 radical (unpaired) electrons. The molecular formula is C26H30N2O3. The lowest BCUT2D eigenvalue weighted by Gasteiger charge is -2.27. The highest BCUT2D eigenvalue weighted by Gasteiger charge is 2.23. The molecule has 1 heterocycles. The maximum absolute atomic E-state index is 13.4. The Morgan fingerprint density at radius 1 is 0.839 bits per heavy atom. The number of furan rings is 1. The van der Waals surface area contributed by atoms with Gasteiger partial charge < -0.3 is 14.2 Å². The van der Waals surface area contributed by atoms with E-state index in [0.717, 1.165) is 29.1 Å². The van der Waals surface area contributed by atoms with Gasteiger partial charge in [0.25, 0.3) is 5.91 Å². The van der Waals surface area contributed by atoms with Gasteiger partial charge in [-0.2, -0.15) is 0 Å². The van der Waals surface area contributed by atoms with Gasteiger partial charge in [0, 0.05) is 18.7 Å². The Morgan fingerprint density at radius 2 is 1.55 bits per heavy atom. The van der Waals surface area contributed by atoms with Crippen molar-refractivity contribution in [2.24, 2.45) is 0 Å². The Morgan fingerprint density at radius 3 is 2.19 bits per heavy atom. The van der Waals surface area contributed by atoms with Crippen molar-refractivity contribution in [3.05, 3.63) is 94.9 Å². The molecule has 3 aromatic rings. The standard InChI is InChI=1S/C26H30N2O3/c1-4-16-27(26(30)24-13-9-8-10-20(24)2)19-25(29)28(17-22-11-6-5-7-12-22)18-23-15-14-21(3)31-23/h5-15H,4,16-19H2,1-3H3. The van der Waals surface area contributed by atoms with Crippen molar-refractivity contribution in [1.29, 1.82) is 0 Å². The molecule has 0 aliphatic carbocycles. The first-order valence-electron chi connectivity index (χ1n) is 10.7. The van der Waals surface area contributed by atoms with Gasteiger partial charge in [-0.15, -0.1) is 0 Å². The fourth-order valence-electron chi connectivity index (χ4n) is 3.56. The highest BCUT2D eigenvalue weighted by molar-refractivity contribution is 5.97. The maximum Gasteiger partial charge on any atom is 0.254 e. The SMILES string of the molecule is CCCN(CC(=O)N(Cc1ccccc1)Cc1ccc(C)o1)C(=O)c1ccccc1C. The van der Waals surface area contributed by atoms with Crippen molar-refractivity contribution in [3.8, 4) is 0 Å². The van der Waals surface area contributed by atoms with E-state index in [2.05, 4.69) is 0 Å². The number of rotatable bonds is 9. The summed E-state index contributed by atoms with van der Waals surface area (Å²) in [5.74, 6) is 1.33. The van der Waals surface area contributed by atoms with Crippen molar-refractivity contribution in [1.82, 2.24) is 9.80 Å². The first-order valence-corrected chi connectivity index (χ1v) is 10.7. The molecule has 0 atom stereocenters. The highest BCUT2D eigenvalue weighted by atomic mass is 16.3. The quantitative estimate of drug-likeness (QED) is 0.493. The third-order valence-electron chi connectivity index (χ3n) is 5.19. The van der Waals surface area contributed by atoms with Crippen molar-refractivity contribution in [3.63, 3.8) is 0 Å². The monoisotopic (exact) mass is 418 g/mol. The maximum atomic E-state index is 13.4. The molecule has 5 heteroatoms. The van der Waals surface area contributed by atoms with Gasteiger partial charge in [-0.05, 0) is 49.6 Å². The molecule has 0 unspecified atom stereocenters. The third-order valence-corrected chi connectivity index (χ3v) is 5.19. The number of carbonyl (C=O) groups excluding carboxylic acids is 2. The molecule has 0 spiro atoms. The molecule has 162 valence electrons. The molecule has 1 aromatic heterocycles. The van der Waals surface area contributed by atoms with Gasteiger partial charge in [-0.3, -0.25) is 9.59 Å². The van der Waals surface area contributed by atoms with Gasteiger partial charge in [0.15, 0.2) is 0 Å². The molecule has 0 N–H and O–H groups in total. The van der Waals surface area contributed by atoms with E-state index in [9.17, 15) is 9.59 Å². The summed E-state index contributed by atoms with van der Waals surface area (Å²) in [7, 11) is 0. The molecule has 0 fully saturated rings. The van der Waals surface area contributed by atoms with Crippen molar-refractivity contribution in [2.45, 2.75) is 40.3 Å². The Balaban J connectivity index is 1.80. The second-order valence-corrected chi connectivity index (χ2v) is 7.79. The van der Waals surface area contributed by atoms with E-state index in [-0.39, 0.29) is 18.4 Å². The molecular weight excluding hydrogens is 388 g/mol. The van der Waals surface area contributed by atoms with Crippen LogP contribution in [-0.2, 0) is 17.9 Å². The van der Waals surface area contributed by atoms with E-state index in [1.807, 2.05) is 87.5 Å². The number of carbonyl (C=O) groups is 2. The molecule has 0 saturated heterocycles. The molecule has 2 aromatic carbocycles. The number of amides is 2. The Hall–Kier alpha value is -3.34. The van der Waals surface area contributed by atoms with Gasteiger partial charge in [0.05, 0.1) is 6.54 Å². The van der Waals surface area contributed by atoms with E-state index in [1.54, 1.807) is 9.80 Å². The van der Waals surface area contributed by atoms with E-state index in [1.165, 1.54) is 0 Å². The van der Waals surface area contributed by atoms with Crippen LogP contribution in [0.1, 0.15) is 46.3 Å². The van der Waals surface area contributed by atoms with Crippen LogP contribution >= 0.6 is 0 Å². The van der Waals surface area contributed by atoms with Crippen LogP contribution in [0.15, 0.2) is 71.1 Å². The van der Waals surface area contributed by atoms with Crippen LogP contribution < -0.4 is 0 Å². The summed E-state index contributed by atoms with van der Waals surface area (Å²) in [6.07, 6.45) is 0.779. The molecule has 31 heavy (non-hydrogen) atoms. The van der Waals surface area contributed by atoms with Crippen LogP contribution in [-0.4, -0.2) is 34.7 Å². The number of hydrogen-bond donors (Lipinski definition) is 0. The highest BCUT2D eigenvalue weighted by Crippen LogP contribution is 2.15. The zero-order valence-electron chi connectivity index (χ0n) is 18.5. The second kappa shape index (κ2) is 10.6. The second-order valence-electron chi connectivity index (χ2n) is 7.79. The number of aryl methyl sites for hydroxylation is 2. The smallest absolute Gasteiger partial charge is 0.254 e. The molecule has 0 saturated carbocycles. The zero-order chi connectivity index (χ0) is 22.2. The van der Waals surface area contributed by atoms with Gasteiger partial charge >= 0.3 is 0 Å². The van der Waals surface area contributed by atoms with E-state index < -0.39 is 0 Å². The Kier molecular flexibility index (Phi) is 7.65. The summed E-state index contributed by atoms with van der Waals surface area (Å²) in [6.45, 7) is 7.19. The summed E-state index contributed by atoms with van der Waals surface area (Å²) in [5, 5.41) is 0. The summed E-state index contributed by atoms with van der Waals surface area (Å²) < 4.78 is 5.71. The third kappa shape index (κ3) is 6.07. The van der Waals surface area contributed by atoms with E-state index in [0.29, 0.717) is 25.2 Å². The van der Waals surface area contributed by atoms with Crippen LogP contribution in [0.25, 0.3) is 0 Å². The molecule has 0 aliphatic rings. The number of nitrogens with zero attached hydrogens (tertiary/aromatic N) is 2. The van der Waals surface area contributed by atoms with Crippen LogP contribution in [0, 0.1) is 13.8 Å². The van der Waals surface area contributed by atoms with Crippen molar-refractivity contribution < 1.29 is 14.0 Å². The fraction of sp³-hybridized carbons (Fsp3) is 0.308. The normalized spacial score (nSPS) is 10.7. The fourth-order valence-corrected chi connectivity index (χ4v) is 3.56. The molecule has 0 bridgehead atoms. The molecule has 3 rings (SSSR count). The Labute approximate surface area is 184 Å². The van der Waals surface area contributed by atoms with Gasteiger partial charge in [0.1, 0.15) is 18.1 Å². The van der Waals surface area contributed by atoms with Crippen molar-refractivity contribution >= 4 is 11.8 Å². The van der Waals surface area contributed by atoms with Crippen LogP contribution in [0.4, 0.5) is 0 Å². The first-order chi connectivity index (χ1) is 15.0. The molecule has 0 aliphatic heterocycles. The van der Waals surface area contributed by atoms with Gasteiger partial charge in [-0.1, -0.05) is 55.5 Å². The van der Waals surface area contributed by atoms with E-state index >= 15 is 0 Å². The summed E-state index contributed by atoms with van der Waals surface area (Å²) in [6, 6.07) is 21.1. The summed E-state index contributed by atoms with van der Waals surface area (Å²) in [4.78, 5) is 29.9. The minimum absolute atomic E-state index is 0.0352. The van der Waals surface area contributed by atoms with Crippen molar-refractivity contribution in [2.75, 3.05) is 13.1 Å². The molecule has 2 amide bonds. The van der Waals surface area contributed by atoms with Gasteiger partial charge in [0.2, 0.25) is 5.91 Å². The molecule has 5 nitrogen and oxygen atoms in total.